The van der Waals surface area contributed by atoms with Gasteiger partial charge in [-0.15, -0.1) is 0 Å². The molecule has 1 fully saturated rings. The van der Waals surface area contributed by atoms with Crippen LogP contribution in [0.5, 0.6) is 0 Å². The molecule has 1 aromatic heterocycles. The Morgan fingerprint density at radius 1 is 1.40 bits per heavy atom. The van der Waals surface area contributed by atoms with Gasteiger partial charge in [-0.1, -0.05) is 12.1 Å². The summed E-state index contributed by atoms with van der Waals surface area (Å²) in [5.74, 6) is -0.619. The fourth-order valence-corrected chi connectivity index (χ4v) is 2.10. The first kappa shape index (κ1) is 12.8. The summed E-state index contributed by atoms with van der Waals surface area (Å²) in [6.45, 7) is 0.394. The molecule has 1 aromatic carbocycles. The number of hydrogen-bond acceptors (Lipinski definition) is 5. The van der Waals surface area contributed by atoms with Crippen molar-refractivity contribution in [1.29, 1.82) is 0 Å². The normalized spacial score (nSPS) is 22.1. The second-order valence-electron chi connectivity index (χ2n) is 4.62. The highest BCUT2D eigenvalue weighted by atomic mass is 16.5. The molecule has 1 aliphatic rings. The number of rotatable bonds is 2. The number of nitrogens with one attached hydrogen (secondary N) is 2. The average molecular weight is 275 g/mol. The summed E-state index contributed by atoms with van der Waals surface area (Å²) in [4.78, 5) is 30.6. The molecule has 2 atom stereocenters. The summed E-state index contributed by atoms with van der Waals surface area (Å²) in [5.41, 5.74) is 0.316. The fraction of sp³-hybridized carbons (Fsp3) is 0.308. The van der Waals surface area contributed by atoms with Gasteiger partial charge in [-0.3, -0.25) is 9.59 Å². The molecule has 3 N–H and O–H groups in total. The number of ether oxygens (including phenoxy) is 1. The minimum Gasteiger partial charge on any atom is -0.388 e. The van der Waals surface area contributed by atoms with E-state index in [-0.39, 0.29) is 18.9 Å². The molecule has 0 bridgehead atoms. The van der Waals surface area contributed by atoms with Gasteiger partial charge in [-0.25, -0.2) is 4.98 Å². The van der Waals surface area contributed by atoms with Gasteiger partial charge in [0, 0.05) is 0 Å². The molecule has 0 radical (unpaired) electrons. The molecule has 0 aliphatic carbocycles. The standard InChI is InChI=1S/C13H13N3O4/c17-10-6-20-5-9(10)16-13(19)11-12(18)15-8-4-2-1-3-7(8)14-11/h1-4,9-10,17H,5-6H2,(H,15,18)(H,16,19)/t9-,10-/m0/s1. The van der Waals surface area contributed by atoms with Gasteiger partial charge in [0.2, 0.25) is 0 Å². The van der Waals surface area contributed by atoms with E-state index < -0.39 is 23.6 Å². The minimum absolute atomic E-state index is 0.173. The fourth-order valence-electron chi connectivity index (χ4n) is 2.10. The third-order valence-electron chi connectivity index (χ3n) is 3.18. The molecule has 0 saturated carbocycles. The van der Waals surface area contributed by atoms with Gasteiger partial charge in [0.05, 0.1) is 36.4 Å². The van der Waals surface area contributed by atoms with Crippen LogP contribution in [0, 0.1) is 0 Å². The van der Waals surface area contributed by atoms with Gasteiger partial charge in [-0.05, 0) is 12.1 Å². The first-order chi connectivity index (χ1) is 9.65. The molecular formula is C13H13N3O4. The number of amides is 1. The quantitative estimate of drug-likeness (QED) is 0.679. The molecule has 1 aliphatic heterocycles. The minimum atomic E-state index is -0.765. The van der Waals surface area contributed by atoms with Crippen LogP contribution in [0.25, 0.3) is 11.0 Å². The number of aliphatic hydroxyl groups excluding tert-OH is 1. The van der Waals surface area contributed by atoms with Crippen LogP contribution in [0.1, 0.15) is 10.5 Å². The Balaban J connectivity index is 1.91. The van der Waals surface area contributed by atoms with Gasteiger partial charge in [0.1, 0.15) is 0 Å². The lowest BCUT2D eigenvalue weighted by Gasteiger charge is -2.13. The molecule has 7 nitrogen and oxygen atoms in total. The van der Waals surface area contributed by atoms with E-state index in [1.165, 1.54) is 0 Å². The van der Waals surface area contributed by atoms with Gasteiger partial charge in [-0.2, -0.15) is 0 Å². The van der Waals surface area contributed by atoms with Gasteiger partial charge < -0.3 is 20.1 Å². The second kappa shape index (κ2) is 5.03. The highest BCUT2D eigenvalue weighted by Gasteiger charge is 2.29. The molecule has 1 amide bonds. The summed E-state index contributed by atoms with van der Waals surface area (Å²) in [6, 6.07) is 6.43. The lowest BCUT2D eigenvalue weighted by atomic mass is 10.2. The highest BCUT2D eigenvalue weighted by Crippen LogP contribution is 2.08. The number of aromatic amines is 1. The third-order valence-corrected chi connectivity index (χ3v) is 3.18. The Morgan fingerprint density at radius 2 is 2.20 bits per heavy atom. The summed E-state index contributed by atoms with van der Waals surface area (Å²) >= 11 is 0. The number of H-pyrrole nitrogens is 1. The zero-order chi connectivity index (χ0) is 14.1. The molecule has 20 heavy (non-hydrogen) atoms. The number of aromatic nitrogens is 2. The number of benzene rings is 1. The Bertz CT molecular complexity index is 712. The number of para-hydroxylation sites is 2. The van der Waals surface area contributed by atoms with Crippen LogP contribution in [-0.4, -0.2) is 46.3 Å². The van der Waals surface area contributed by atoms with Crippen molar-refractivity contribution in [2.24, 2.45) is 0 Å². The maximum Gasteiger partial charge on any atom is 0.280 e. The molecular weight excluding hydrogens is 262 g/mol. The van der Waals surface area contributed by atoms with Crippen molar-refractivity contribution in [2.75, 3.05) is 13.2 Å². The SMILES string of the molecule is O=C(N[C@H]1COC[C@@H]1O)c1nc2ccccc2[nH]c1=O. The van der Waals surface area contributed by atoms with Crippen LogP contribution in [0.4, 0.5) is 0 Å². The number of carbonyl (C=O) groups excluding carboxylic acids is 1. The smallest absolute Gasteiger partial charge is 0.280 e. The van der Waals surface area contributed by atoms with Crippen LogP contribution < -0.4 is 10.9 Å². The Morgan fingerprint density at radius 3 is 2.95 bits per heavy atom. The predicted molar refractivity (Wildman–Crippen MR) is 70.4 cm³/mol. The molecule has 3 rings (SSSR count). The van der Waals surface area contributed by atoms with E-state index in [4.69, 9.17) is 4.74 Å². The first-order valence-corrected chi connectivity index (χ1v) is 6.21. The van der Waals surface area contributed by atoms with Crippen LogP contribution in [0.3, 0.4) is 0 Å². The summed E-state index contributed by atoms with van der Waals surface area (Å²) in [6.07, 6.45) is -0.765. The average Bonchev–Trinajstić information content (AvgIpc) is 2.83. The van der Waals surface area contributed by atoms with E-state index in [0.717, 1.165) is 0 Å². The van der Waals surface area contributed by atoms with Crippen molar-refractivity contribution in [3.05, 3.63) is 40.3 Å². The number of hydrogen-bond donors (Lipinski definition) is 3. The summed E-state index contributed by atoms with van der Waals surface area (Å²) < 4.78 is 5.04. The second-order valence-corrected chi connectivity index (χ2v) is 4.62. The molecule has 2 heterocycles. The van der Waals surface area contributed by atoms with Crippen molar-refractivity contribution in [1.82, 2.24) is 15.3 Å². The lowest BCUT2D eigenvalue weighted by Crippen LogP contribution is -2.44. The van der Waals surface area contributed by atoms with E-state index in [0.29, 0.717) is 11.0 Å². The Labute approximate surface area is 113 Å². The maximum absolute atomic E-state index is 12.1. The molecule has 0 spiro atoms. The van der Waals surface area contributed by atoms with Gasteiger partial charge in [0.15, 0.2) is 5.69 Å². The van der Waals surface area contributed by atoms with Crippen LogP contribution in [0.2, 0.25) is 0 Å². The van der Waals surface area contributed by atoms with E-state index in [2.05, 4.69) is 15.3 Å². The largest absolute Gasteiger partial charge is 0.388 e. The Kier molecular flexibility index (Phi) is 3.21. The Hall–Kier alpha value is -2.25. The molecule has 104 valence electrons. The summed E-state index contributed by atoms with van der Waals surface area (Å²) in [7, 11) is 0. The monoisotopic (exact) mass is 275 g/mol. The molecule has 7 heteroatoms. The van der Waals surface area contributed by atoms with Crippen LogP contribution in [-0.2, 0) is 4.74 Å². The predicted octanol–water partition coefficient (Wildman–Crippen LogP) is -0.587. The van der Waals surface area contributed by atoms with E-state index in [1.54, 1.807) is 24.3 Å². The number of nitrogens with zero attached hydrogens (tertiary/aromatic N) is 1. The van der Waals surface area contributed by atoms with E-state index in [1.807, 2.05) is 0 Å². The summed E-state index contributed by atoms with van der Waals surface area (Å²) in [5, 5.41) is 12.1. The number of fused-ring (bicyclic) bond motifs is 1. The first-order valence-electron chi connectivity index (χ1n) is 6.21. The number of carbonyl (C=O) groups is 1. The van der Waals surface area contributed by atoms with Crippen molar-refractivity contribution in [2.45, 2.75) is 12.1 Å². The number of aliphatic hydroxyl groups is 1. The van der Waals surface area contributed by atoms with Crippen molar-refractivity contribution >= 4 is 16.9 Å². The van der Waals surface area contributed by atoms with Gasteiger partial charge >= 0.3 is 0 Å². The van der Waals surface area contributed by atoms with Crippen molar-refractivity contribution in [3.63, 3.8) is 0 Å². The lowest BCUT2D eigenvalue weighted by molar-refractivity contribution is 0.0880. The maximum atomic E-state index is 12.1. The van der Waals surface area contributed by atoms with Crippen molar-refractivity contribution in [3.8, 4) is 0 Å². The zero-order valence-electron chi connectivity index (χ0n) is 10.5. The van der Waals surface area contributed by atoms with Crippen LogP contribution in [0.15, 0.2) is 29.1 Å². The van der Waals surface area contributed by atoms with E-state index >= 15 is 0 Å². The van der Waals surface area contributed by atoms with Crippen LogP contribution >= 0.6 is 0 Å². The molecule has 2 aromatic rings. The third kappa shape index (κ3) is 2.28. The molecule has 0 unspecified atom stereocenters. The highest BCUT2D eigenvalue weighted by molar-refractivity contribution is 5.93. The zero-order valence-corrected chi connectivity index (χ0v) is 10.5. The molecule has 1 saturated heterocycles. The van der Waals surface area contributed by atoms with Gasteiger partial charge in [0.25, 0.3) is 11.5 Å². The van der Waals surface area contributed by atoms with E-state index in [9.17, 15) is 14.7 Å². The van der Waals surface area contributed by atoms with Crippen molar-refractivity contribution < 1.29 is 14.6 Å². The topological polar surface area (TPSA) is 104 Å².